The van der Waals surface area contributed by atoms with Crippen LogP contribution in [-0.2, 0) is 21.4 Å². The second-order valence-electron chi connectivity index (χ2n) is 6.69. The van der Waals surface area contributed by atoms with Crippen molar-refractivity contribution in [3.63, 3.8) is 0 Å². The van der Waals surface area contributed by atoms with Crippen molar-refractivity contribution in [1.29, 1.82) is 0 Å². The molecule has 0 aliphatic carbocycles. The summed E-state index contributed by atoms with van der Waals surface area (Å²) in [5, 5.41) is 14.2. The first-order valence-corrected chi connectivity index (χ1v) is 11.6. The number of para-hydroxylation sites is 1. The van der Waals surface area contributed by atoms with Gasteiger partial charge in [0.1, 0.15) is 5.75 Å². The standard InChI is InChI=1S/C22H19Cl2N3O4S/c23-19-11-10-16(12-20(19)24)14-27(32(30,31)18-7-2-1-3-8-18)15-22(29)26-25-13-17-6-4-5-9-21(17)28/h1-13,28H,14-15H2,(H,26,29)/b25-13-. The predicted molar refractivity (Wildman–Crippen MR) is 124 cm³/mol. The number of nitrogens with zero attached hydrogens (tertiary/aromatic N) is 2. The monoisotopic (exact) mass is 491 g/mol. The smallest absolute Gasteiger partial charge is 0.255 e. The fourth-order valence-electron chi connectivity index (χ4n) is 2.78. The van der Waals surface area contributed by atoms with Gasteiger partial charge in [0.15, 0.2) is 0 Å². The number of nitrogens with one attached hydrogen (secondary N) is 1. The van der Waals surface area contributed by atoms with Crippen LogP contribution >= 0.6 is 23.2 Å². The van der Waals surface area contributed by atoms with Crippen molar-refractivity contribution in [2.45, 2.75) is 11.4 Å². The molecular weight excluding hydrogens is 473 g/mol. The number of carbonyl (C=O) groups excluding carboxylic acids is 1. The number of rotatable bonds is 8. The zero-order valence-corrected chi connectivity index (χ0v) is 19.0. The Morgan fingerprint density at radius 1 is 1.00 bits per heavy atom. The first kappa shape index (κ1) is 23.7. The van der Waals surface area contributed by atoms with Crippen molar-refractivity contribution in [1.82, 2.24) is 9.73 Å². The van der Waals surface area contributed by atoms with E-state index >= 15 is 0 Å². The molecule has 3 rings (SSSR count). The van der Waals surface area contributed by atoms with Gasteiger partial charge in [0, 0.05) is 12.1 Å². The van der Waals surface area contributed by atoms with Gasteiger partial charge in [0.25, 0.3) is 5.91 Å². The van der Waals surface area contributed by atoms with Crippen LogP contribution in [0.3, 0.4) is 0 Å². The largest absolute Gasteiger partial charge is 0.507 e. The van der Waals surface area contributed by atoms with Gasteiger partial charge in [0.2, 0.25) is 10.0 Å². The Kier molecular flexibility index (Phi) is 7.87. The molecule has 0 atom stereocenters. The van der Waals surface area contributed by atoms with Crippen molar-refractivity contribution >= 4 is 45.3 Å². The summed E-state index contributed by atoms with van der Waals surface area (Å²) in [6, 6.07) is 19.0. The molecule has 0 spiro atoms. The van der Waals surface area contributed by atoms with Gasteiger partial charge in [-0.15, -0.1) is 0 Å². The number of halogens is 2. The van der Waals surface area contributed by atoms with Crippen molar-refractivity contribution in [3.8, 4) is 5.75 Å². The maximum absolute atomic E-state index is 13.2. The summed E-state index contributed by atoms with van der Waals surface area (Å²) in [5.41, 5.74) is 3.24. The SMILES string of the molecule is O=C(CN(Cc1ccc(Cl)c(Cl)c1)S(=O)(=O)c1ccccc1)N/N=C\c1ccccc1O. The number of benzene rings is 3. The van der Waals surface area contributed by atoms with Crippen LogP contribution in [0.4, 0.5) is 0 Å². The molecule has 32 heavy (non-hydrogen) atoms. The highest BCUT2D eigenvalue weighted by Crippen LogP contribution is 2.25. The number of phenols is 1. The summed E-state index contributed by atoms with van der Waals surface area (Å²) in [6.07, 6.45) is 1.27. The second kappa shape index (κ2) is 10.6. The third kappa shape index (κ3) is 6.08. The Balaban J connectivity index is 1.81. The fraction of sp³-hybridized carbons (Fsp3) is 0.0909. The third-order valence-electron chi connectivity index (χ3n) is 4.37. The van der Waals surface area contributed by atoms with Crippen molar-refractivity contribution in [2.75, 3.05) is 6.54 Å². The van der Waals surface area contributed by atoms with Crippen LogP contribution < -0.4 is 5.43 Å². The number of hydrogen-bond acceptors (Lipinski definition) is 5. The van der Waals surface area contributed by atoms with Gasteiger partial charge in [-0.05, 0) is 42.0 Å². The molecule has 0 aromatic heterocycles. The number of hydrogen-bond donors (Lipinski definition) is 2. The van der Waals surface area contributed by atoms with Gasteiger partial charge in [-0.25, -0.2) is 13.8 Å². The number of hydrazone groups is 1. The van der Waals surface area contributed by atoms with Crippen molar-refractivity contribution in [2.24, 2.45) is 5.10 Å². The summed E-state index contributed by atoms with van der Waals surface area (Å²) in [7, 11) is -4.00. The Labute approximate surface area is 196 Å². The maximum Gasteiger partial charge on any atom is 0.255 e. The molecule has 0 saturated heterocycles. The molecule has 0 fully saturated rings. The average Bonchev–Trinajstić information content (AvgIpc) is 2.78. The van der Waals surface area contributed by atoms with Crippen LogP contribution in [0, 0.1) is 0 Å². The Morgan fingerprint density at radius 2 is 1.69 bits per heavy atom. The predicted octanol–water partition coefficient (Wildman–Crippen LogP) is 4.04. The number of sulfonamides is 1. The van der Waals surface area contributed by atoms with E-state index < -0.39 is 22.5 Å². The highest BCUT2D eigenvalue weighted by atomic mass is 35.5. The molecule has 7 nitrogen and oxygen atoms in total. The van der Waals surface area contributed by atoms with E-state index in [1.807, 2.05) is 0 Å². The van der Waals surface area contributed by atoms with E-state index in [2.05, 4.69) is 10.5 Å². The zero-order chi connectivity index (χ0) is 23.1. The zero-order valence-electron chi connectivity index (χ0n) is 16.7. The van der Waals surface area contributed by atoms with Gasteiger partial charge in [-0.2, -0.15) is 9.41 Å². The van der Waals surface area contributed by atoms with E-state index in [0.29, 0.717) is 16.1 Å². The minimum Gasteiger partial charge on any atom is -0.507 e. The lowest BCUT2D eigenvalue weighted by molar-refractivity contribution is -0.121. The molecule has 3 aromatic rings. The van der Waals surface area contributed by atoms with Crippen LogP contribution in [0.25, 0.3) is 0 Å². The lowest BCUT2D eigenvalue weighted by Crippen LogP contribution is -2.39. The summed E-state index contributed by atoms with van der Waals surface area (Å²) >= 11 is 12.0. The van der Waals surface area contributed by atoms with E-state index in [1.165, 1.54) is 24.4 Å². The second-order valence-corrected chi connectivity index (χ2v) is 9.44. The molecule has 0 bridgehead atoms. The molecule has 0 saturated carbocycles. The maximum atomic E-state index is 13.2. The molecule has 10 heteroatoms. The lowest BCUT2D eigenvalue weighted by Gasteiger charge is -2.21. The molecule has 0 aliphatic rings. The molecule has 3 aromatic carbocycles. The van der Waals surface area contributed by atoms with Crippen molar-refractivity contribution in [3.05, 3.63) is 94.0 Å². The van der Waals surface area contributed by atoms with E-state index in [9.17, 15) is 18.3 Å². The number of carbonyl (C=O) groups is 1. The van der Waals surface area contributed by atoms with E-state index in [-0.39, 0.29) is 22.2 Å². The molecule has 0 radical (unpaired) electrons. The lowest BCUT2D eigenvalue weighted by atomic mass is 10.2. The summed E-state index contributed by atoms with van der Waals surface area (Å²) in [4.78, 5) is 12.5. The Bertz CT molecular complexity index is 1230. The van der Waals surface area contributed by atoms with E-state index in [4.69, 9.17) is 23.2 Å². The number of amides is 1. The molecular formula is C22H19Cl2N3O4S. The van der Waals surface area contributed by atoms with Crippen LogP contribution in [0.15, 0.2) is 82.8 Å². The Hall–Kier alpha value is -2.91. The van der Waals surface area contributed by atoms with Crippen molar-refractivity contribution < 1.29 is 18.3 Å². The van der Waals surface area contributed by atoms with E-state index in [1.54, 1.807) is 54.6 Å². The summed E-state index contributed by atoms with van der Waals surface area (Å²) in [5.74, 6) is -0.658. The van der Waals surface area contributed by atoms with Crippen LogP contribution in [-0.4, -0.2) is 36.5 Å². The third-order valence-corrected chi connectivity index (χ3v) is 6.92. The minimum absolute atomic E-state index is 0.00148. The topological polar surface area (TPSA) is 99.1 Å². The van der Waals surface area contributed by atoms with Gasteiger partial charge < -0.3 is 5.11 Å². The molecule has 166 valence electrons. The minimum atomic E-state index is -4.00. The van der Waals surface area contributed by atoms with Crippen LogP contribution in [0.1, 0.15) is 11.1 Å². The summed E-state index contributed by atoms with van der Waals surface area (Å²) < 4.78 is 27.4. The van der Waals surface area contributed by atoms with Gasteiger partial charge in [-0.1, -0.05) is 59.6 Å². The average molecular weight is 492 g/mol. The first-order chi connectivity index (χ1) is 15.3. The van der Waals surface area contributed by atoms with Gasteiger partial charge in [0.05, 0.1) is 27.7 Å². The molecule has 0 aliphatic heterocycles. The highest BCUT2D eigenvalue weighted by Gasteiger charge is 2.27. The number of aromatic hydroxyl groups is 1. The summed E-state index contributed by atoms with van der Waals surface area (Å²) in [6.45, 7) is -0.597. The molecule has 1 amide bonds. The normalized spacial score (nSPS) is 11.7. The van der Waals surface area contributed by atoms with E-state index in [0.717, 1.165) is 4.31 Å². The Morgan fingerprint density at radius 3 is 2.38 bits per heavy atom. The molecule has 0 unspecified atom stereocenters. The highest BCUT2D eigenvalue weighted by molar-refractivity contribution is 7.89. The van der Waals surface area contributed by atoms with Gasteiger partial charge in [-0.3, -0.25) is 4.79 Å². The molecule has 0 heterocycles. The fourth-order valence-corrected chi connectivity index (χ4v) is 4.50. The first-order valence-electron chi connectivity index (χ1n) is 9.36. The molecule has 2 N–H and O–H groups in total. The quantitative estimate of drug-likeness (QED) is 0.366. The van der Waals surface area contributed by atoms with Crippen LogP contribution in [0.2, 0.25) is 10.0 Å². The van der Waals surface area contributed by atoms with Crippen LogP contribution in [0.5, 0.6) is 5.75 Å². The number of phenolic OH excluding ortho intramolecular Hbond substituents is 1. The van der Waals surface area contributed by atoms with Gasteiger partial charge >= 0.3 is 0 Å².